The van der Waals surface area contributed by atoms with Crippen LogP contribution in [0.15, 0.2) is 30.5 Å². The van der Waals surface area contributed by atoms with Gasteiger partial charge in [0.15, 0.2) is 5.13 Å². The minimum atomic E-state index is -0.481. The van der Waals surface area contributed by atoms with Gasteiger partial charge in [-0.05, 0) is 30.4 Å². The van der Waals surface area contributed by atoms with E-state index in [9.17, 15) is 5.11 Å². The fourth-order valence-corrected chi connectivity index (χ4v) is 3.95. The average Bonchev–Trinajstić information content (AvgIpc) is 2.87. The van der Waals surface area contributed by atoms with Gasteiger partial charge in [-0.3, -0.25) is 0 Å². The van der Waals surface area contributed by atoms with Crippen molar-refractivity contribution in [3.8, 4) is 0 Å². The van der Waals surface area contributed by atoms with E-state index in [1.165, 1.54) is 0 Å². The van der Waals surface area contributed by atoms with E-state index in [1.54, 1.807) is 17.5 Å². The lowest BCUT2D eigenvalue weighted by Gasteiger charge is -2.33. The molecule has 6 heteroatoms. The summed E-state index contributed by atoms with van der Waals surface area (Å²) in [4.78, 5) is 13.5. The summed E-state index contributed by atoms with van der Waals surface area (Å²) in [5.41, 5.74) is 2.79. The molecule has 1 aliphatic rings. The van der Waals surface area contributed by atoms with Crippen LogP contribution in [0.5, 0.6) is 0 Å². The molecular weight excluding hydrogens is 308 g/mol. The Morgan fingerprint density at radius 2 is 2.09 bits per heavy atom. The van der Waals surface area contributed by atoms with E-state index in [0.29, 0.717) is 5.95 Å². The number of rotatable bonds is 2. The summed E-state index contributed by atoms with van der Waals surface area (Å²) in [7, 11) is 0. The predicted octanol–water partition coefficient (Wildman–Crippen LogP) is 3.84. The number of nitrogens with zero attached hydrogens (tertiary/aromatic N) is 3. The van der Waals surface area contributed by atoms with Crippen LogP contribution >= 0.6 is 11.3 Å². The Hall–Kier alpha value is -2.05. The summed E-state index contributed by atoms with van der Waals surface area (Å²) in [6, 6.07) is 8.02. The Labute approximate surface area is 138 Å². The van der Waals surface area contributed by atoms with Crippen molar-refractivity contribution in [3.63, 3.8) is 0 Å². The van der Waals surface area contributed by atoms with E-state index >= 15 is 0 Å². The first-order chi connectivity index (χ1) is 11.0. The zero-order chi connectivity index (χ0) is 16.0. The van der Waals surface area contributed by atoms with Crippen LogP contribution in [0.3, 0.4) is 0 Å². The Kier molecular flexibility index (Phi) is 3.32. The first-order valence-corrected chi connectivity index (χ1v) is 8.48. The SMILES string of the molecule is CC1(C)Cc2nc(Nc3nc4ccccc4s3)ncc2C(O)C1. The highest BCUT2D eigenvalue weighted by Crippen LogP contribution is 2.40. The second kappa shape index (κ2) is 5.25. The van der Waals surface area contributed by atoms with Crippen molar-refractivity contribution in [2.75, 3.05) is 5.32 Å². The summed E-state index contributed by atoms with van der Waals surface area (Å²) < 4.78 is 1.13. The van der Waals surface area contributed by atoms with Gasteiger partial charge in [-0.1, -0.05) is 37.3 Å². The molecule has 2 heterocycles. The lowest BCUT2D eigenvalue weighted by atomic mass is 9.75. The summed E-state index contributed by atoms with van der Waals surface area (Å²) in [6.07, 6.45) is 2.84. The maximum atomic E-state index is 10.3. The standard InChI is InChI=1S/C17H18N4OS/c1-17(2)7-12-10(13(22)8-17)9-18-15(19-12)21-16-20-11-5-3-4-6-14(11)23-16/h3-6,9,13,22H,7-8H2,1-2H3,(H,18,19,20,21). The maximum Gasteiger partial charge on any atom is 0.229 e. The molecule has 4 rings (SSSR count). The van der Waals surface area contributed by atoms with Crippen LogP contribution < -0.4 is 5.32 Å². The van der Waals surface area contributed by atoms with Gasteiger partial charge >= 0.3 is 0 Å². The highest BCUT2D eigenvalue weighted by molar-refractivity contribution is 7.22. The quantitative estimate of drug-likeness (QED) is 0.749. The first kappa shape index (κ1) is 14.5. The third-order valence-electron chi connectivity index (χ3n) is 4.16. The van der Waals surface area contributed by atoms with Gasteiger partial charge in [-0.25, -0.2) is 15.0 Å². The van der Waals surface area contributed by atoms with E-state index in [0.717, 1.165) is 39.4 Å². The molecule has 118 valence electrons. The van der Waals surface area contributed by atoms with Gasteiger partial charge in [0.2, 0.25) is 5.95 Å². The predicted molar refractivity (Wildman–Crippen MR) is 92.0 cm³/mol. The molecule has 2 aromatic heterocycles. The number of fused-ring (bicyclic) bond motifs is 2. The molecule has 0 fully saturated rings. The molecule has 0 saturated heterocycles. The molecule has 0 amide bonds. The van der Waals surface area contributed by atoms with Crippen molar-refractivity contribution < 1.29 is 5.11 Å². The normalized spacial score (nSPS) is 19.5. The molecular formula is C17H18N4OS. The monoisotopic (exact) mass is 326 g/mol. The summed E-state index contributed by atoms with van der Waals surface area (Å²) in [5, 5.41) is 14.2. The number of aliphatic hydroxyl groups excluding tert-OH is 1. The number of hydrogen-bond donors (Lipinski definition) is 2. The van der Waals surface area contributed by atoms with E-state index in [-0.39, 0.29) is 5.41 Å². The second-order valence-electron chi connectivity index (χ2n) is 6.77. The van der Waals surface area contributed by atoms with Gasteiger partial charge in [0.25, 0.3) is 0 Å². The average molecular weight is 326 g/mol. The summed E-state index contributed by atoms with van der Waals surface area (Å²) in [5.74, 6) is 0.535. The number of nitrogens with one attached hydrogen (secondary N) is 1. The lowest BCUT2D eigenvalue weighted by molar-refractivity contribution is 0.0978. The van der Waals surface area contributed by atoms with Gasteiger partial charge in [-0.15, -0.1) is 0 Å². The van der Waals surface area contributed by atoms with Crippen molar-refractivity contribution in [1.82, 2.24) is 15.0 Å². The molecule has 5 nitrogen and oxygen atoms in total. The molecule has 0 aliphatic heterocycles. The third kappa shape index (κ3) is 2.80. The molecule has 23 heavy (non-hydrogen) atoms. The zero-order valence-electron chi connectivity index (χ0n) is 13.1. The van der Waals surface area contributed by atoms with Gasteiger partial charge < -0.3 is 10.4 Å². The summed E-state index contributed by atoms with van der Waals surface area (Å²) in [6.45, 7) is 4.31. The number of benzene rings is 1. The largest absolute Gasteiger partial charge is 0.388 e. The van der Waals surface area contributed by atoms with Crippen molar-refractivity contribution in [3.05, 3.63) is 41.7 Å². The van der Waals surface area contributed by atoms with E-state index < -0.39 is 6.10 Å². The van der Waals surface area contributed by atoms with Crippen LogP contribution in [-0.4, -0.2) is 20.1 Å². The molecule has 1 aliphatic carbocycles. The van der Waals surface area contributed by atoms with Crippen LogP contribution in [0.1, 0.15) is 37.6 Å². The van der Waals surface area contributed by atoms with Gasteiger partial charge in [0, 0.05) is 11.8 Å². The molecule has 0 radical (unpaired) electrons. The van der Waals surface area contributed by atoms with E-state index in [2.05, 4.69) is 34.1 Å². The lowest BCUT2D eigenvalue weighted by Crippen LogP contribution is -2.27. The topological polar surface area (TPSA) is 70.9 Å². The highest BCUT2D eigenvalue weighted by Gasteiger charge is 2.32. The molecule has 1 unspecified atom stereocenters. The number of thiazole rings is 1. The Morgan fingerprint density at radius 3 is 2.91 bits per heavy atom. The number of para-hydroxylation sites is 1. The molecule has 0 spiro atoms. The number of anilines is 2. The summed E-state index contributed by atoms with van der Waals surface area (Å²) >= 11 is 1.58. The number of aliphatic hydroxyl groups is 1. The van der Waals surface area contributed by atoms with Crippen molar-refractivity contribution in [2.24, 2.45) is 5.41 Å². The number of aromatic nitrogens is 3. The van der Waals surface area contributed by atoms with Crippen LogP contribution in [0.4, 0.5) is 11.1 Å². The van der Waals surface area contributed by atoms with E-state index in [4.69, 9.17) is 0 Å². The molecule has 0 bridgehead atoms. The zero-order valence-corrected chi connectivity index (χ0v) is 13.9. The van der Waals surface area contributed by atoms with E-state index in [1.807, 2.05) is 24.3 Å². The number of hydrogen-bond acceptors (Lipinski definition) is 6. The van der Waals surface area contributed by atoms with Crippen molar-refractivity contribution in [1.29, 1.82) is 0 Å². The molecule has 1 aromatic carbocycles. The molecule has 3 aromatic rings. The minimum Gasteiger partial charge on any atom is -0.388 e. The molecule has 0 saturated carbocycles. The first-order valence-electron chi connectivity index (χ1n) is 7.67. The van der Waals surface area contributed by atoms with Gasteiger partial charge in [0.1, 0.15) is 0 Å². The van der Waals surface area contributed by atoms with Crippen molar-refractivity contribution in [2.45, 2.75) is 32.8 Å². The minimum absolute atomic E-state index is 0.0495. The van der Waals surface area contributed by atoms with Gasteiger partial charge in [-0.2, -0.15) is 0 Å². The van der Waals surface area contributed by atoms with Crippen LogP contribution in [-0.2, 0) is 6.42 Å². The Balaban J connectivity index is 1.65. The fraction of sp³-hybridized carbons (Fsp3) is 0.353. The van der Waals surface area contributed by atoms with Crippen LogP contribution in [0, 0.1) is 5.41 Å². The molecule has 1 atom stereocenters. The molecule has 2 N–H and O–H groups in total. The maximum absolute atomic E-state index is 10.3. The highest BCUT2D eigenvalue weighted by atomic mass is 32.1. The van der Waals surface area contributed by atoms with Gasteiger partial charge in [0.05, 0.1) is 22.0 Å². The van der Waals surface area contributed by atoms with Crippen LogP contribution in [0.2, 0.25) is 0 Å². The third-order valence-corrected chi connectivity index (χ3v) is 5.12. The van der Waals surface area contributed by atoms with Crippen molar-refractivity contribution >= 4 is 32.6 Å². The Morgan fingerprint density at radius 1 is 1.26 bits per heavy atom. The second-order valence-corrected chi connectivity index (χ2v) is 7.80. The fourth-order valence-electron chi connectivity index (χ4n) is 3.09. The van der Waals surface area contributed by atoms with Crippen LogP contribution in [0.25, 0.3) is 10.2 Å². The smallest absolute Gasteiger partial charge is 0.229 e. The Bertz CT molecular complexity index is 841.